The monoisotopic (exact) mass is 855 g/mol. The van der Waals surface area contributed by atoms with Gasteiger partial charge in [-0.3, -0.25) is 14.4 Å². The summed E-state index contributed by atoms with van der Waals surface area (Å²) in [5.41, 5.74) is 0. The van der Waals surface area contributed by atoms with Crippen molar-refractivity contribution in [3.05, 3.63) is 48.6 Å². The summed E-state index contributed by atoms with van der Waals surface area (Å²) in [6.07, 6.45) is 59.5. The number of unbranched alkanes of at least 4 members (excludes halogenated alkanes) is 29. The van der Waals surface area contributed by atoms with Gasteiger partial charge >= 0.3 is 17.9 Å². The Kier molecular flexibility index (Phi) is 47.9. The van der Waals surface area contributed by atoms with Crippen molar-refractivity contribution in [1.82, 2.24) is 0 Å². The average molecular weight is 855 g/mol. The van der Waals surface area contributed by atoms with Gasteiger partial charge in [-0.2, -0.15) is 0 Å². The molecule has 0 N–H and O–H groups in total. The topological polar surface area (TPSA) is 78.9 Å². The Labute approximate surface area is 378 Å². The van der Waals surface area contributed by atoms with Crippen molar-refractivity contribution < 1.29 is 28.6 Å². The number of esters is 3. The second-order valence-corrected chi connectivity index (χ2v) is 17.5. The lowest BCUT2D eigenvalue weighted by Crippen LogP contribution is -2.30. The zero-order valence-corrected chi connectivity index (χ0v) is 40.4. The molecule has 0 aromatic carbocycles. The predicted molar refractivity (Wildman–Crippen MR) is 261 cm³/mol. The lowest BCUT2D eigenvalue weighted by atomic mass is 10.1. The summed E-state index contributed by atoms with van der Waals surface area (Å²) in [4.78, 5) is 37.9. The van der Waals surface area contributed by atoms with Crippen LogP contribution in [0.4, 0.5) is 0 Å². The minimum Gasteiger partial charge on any atom is -0.462 e. The van der Waals surface area contributed by atoms with Crippen LogP contribution in [0.1, 0.15) is 265 Å². The van der Waals surface area contributed by atoms with Crippen LogP contribution in [-0.2, 0) is 28.6 Å². The molecule has 6 heteroatoms. The van der Waals surface area contributed by atoms with Crippen LogP contribution in [0, 0.1) is 0 Å². The van der Waals surface area contributed by atoms with Crippen LogP contribution in [-0.4, -0.2) is 37.2 Å². The molecule has 0 radical (unpaired) electrons. The van der Waals surface area contributed by atoms with Crippen molar-refractivity contribution >= 4 is 17.9 Å². The van der Waals surface area contributed by atoms with E-state index in [0.717, 1.165) is 96.3 Å². The number of carbonyl (C=O) groups is 3. The minimum absolute atomic E-state index is 0.0852. The molecule has 0 amide bonds. The normalized spacial score (nSPS) is 12.4. The maximum Gasteiger partial charge on any atom is 0.306 e. The van der Waals surface area contributed by atoms with E-state index in [2.05, 4.69) is 69.4 Å². The Balaban J connectivity index is 4.35. The largest absolute Gasteiger partial charge is 0.462 e. The molecule has 0 saturated carbocycles. The highest BCUT2D eigenvalue weighted by Gasteiger charge is 2.19. The van der Waals surface area contributed by atoms with Crippen LogP contribution in [0.25, 0.3) is 0 Å². The summed E-state index contributed by atoms with van der Waals surface area (Å²) in [5, 5.41) is 0. The highest BCUT2D eigenvalue weighted by molar-refractivity contribution is 5.71. The summed E-state index contributed by atoms with van der Waals surface area (Å²) in [6, 6.07) is 0. The molecule has 0 spiro atoms. The molecular weight excluding hydrogens is 757 g/mol. The van der Waals surface area contributed by atoms with E-state index in [1.54, 1.807) is 0 Å². The van der Waals surface area contributed by atoms with Gasteiger partial charge in [0.1, 0.15) is 13.2 Å². The van der Waals surface area contributed by atoms with Gasteiger partial charge < -0.3 is 14.2 Å². The van der Waals surface area contributed by atoms with Crippen molar-refractivity contribution in [2.45, 2.75) is 271 Å². The van der Waals surface area contributed by atoms with Crippen molar-refractivity contribution in [3.8, 4) is 0 Å². The molecule has 0 aromatic rings. The van der Waals surface area contributed by atoms with E-state index in [1.807, 2.05) is 0 Å². The van der Waals surface area contributed by atoms with Crippen LogP contribution in [0.15, 0.2) is 48.6 Å². The highest BCUT2D eigenvalue weighted by atomic mass is 16.6. The van der Waals surface area contributed by atoms with Gasteiger partial charge in [-0.1, -0.05) is 204 Å². The van der Waals surface area contributed by atoms with E-state index in [1.165, 1.54) is 128 Å². The molecule has 0 aliphatic carbocycles. The molecule has 0 bridgehead atoms. The lowest BCUT2D eigenvalue weighted by molar-refractivity contribution is -0.167. The Morgan fingerprint density at radius 2 is 0.607 bits per heavy atom. The van der Waals surface area contributed by atoms with Crippen LogP contribution in [0.5, 0.6) is 0 Å². The van der Waals surface area contributed by atoms with Crippen LogP contribution in [0.3, 0.4) is 0 Å². The van der Waals surface area contributed by atoms with Crippen LogP contribution >= 0.6 is 0 Å². The molecule has 0 aromatic heterocycles. The van der Waals surface area contributed by atoms with E-state index in [4.69, 9.17) is 14.2 Å². The summed E-state index contributed by atoms with van der Waals surface area (Å²) < 4.78 is 16.8. The molecule has 354 valence electrons. The Hall–Kier alpha value is -2.63. The number of allylic oxidation sites excluding steroid dienone is 8. The summed E-state index contributed by atoms with van der Waals surface area (Å²) in [6.45, 7) is 6.55. The third-order valence-electron chi connectivity index (χ3n) is 11.3. The van der Waals surface area contributed by atoms with E-state index < -0.39 is 6.10 Å². The first-order valence-corrected chi connectivity index (χ1v) is 26.2. The first-order valence-electron chi connectivity index (χ1n) is 26.2. The second-order valence-electron chi connectivity index (χ2n) is 17.5. The highest BCUT2D eigenvalue weighted by Crippen LogP contribution is 2.14. The van der Waals surface area contributed by atoms with Gasteiger partial charge in [0.05, 0.1) is 0 Å². The zero-order chi connectivity index (χ0) is 44.4. The molecule has 1 unspecified atom stereocenters. The van der Waals surface area contributed by atoms with E-state index in [9.17, 15) is 14.4 Å². The molecule has 0 rings (SSSR count). The van der Waals surface area contributed by atoms with Gasteiger partial charge in [0.15, 0.2) is 6.10 Å². The molecule has 0 aliphatic heterocycles. The fraction of sp³-hybridized carbons (Fsp3) is 0.800. The molecule has 0 fully saturated rings. The maximum atomic E-state index is 12.8. The van der Waals surface area contributed by atoms with Crippen LogP contribution < -0.4 is 0 Å². The smallest absolute Gasteiger partial charge is 0.306 e. The predicted octanol–water partition coefficient (Wildman–Crippen LogP) is 17.1. The number of ether oxygens (including phenoxy) is 3. The van der Waals surface area contributed by atoms with Gasteiger partial charge in [0.25, 0.3) is 0 Å². The fourth-order valence-corrected chi connectivity index (χ4v) is 7.29. The molecular formula is C55H98O6. The molecule has 0 aliphatic rings. The molecule has 1 atom stereocenters. The summed E-state index contributed by atoms with van der Waals surface area (Å²) >= 11 is 0. The molecule has 0 heterocycles. The lowest BCUT2D eigenvalue weighted by Gasteiger charge is -2.18. The van der Waals surface area contributed by atoms with Crippen molar-refractivity contribution in [2.75, 3.05) is 13.2 Å². The fourth-order valence-electron chi connectivity index (χ4n) is 7.29. The standard InChI is InChI=1S/C55H98O6/c1-4-7-10-13-16-19-22-24-26-27-28-30-31-33-36-39-42-45-48-54(57)60-51-52(50-59-53(56)47-44-41-38-35-21-18-15-12-9-6-3)61-55(58)49-46-43-40-37-34-32-29-25-23-20-17-14-11-8-5-2/h15,17-18,20,23,25,28,30,52H,4-14,16,19,21-22,24,26-27,29,31-51H2,1-3H3/b18-15-,20-17-,25-23-,30-28-. The van der Waals surface area contributed by atoms with E-state index in [-0.39, 0.29) is 31.1 Å². The van der Waals surface area contributed by atoms with Crippen LogP contribution in [0.2, 0.25) is 0 Å². The van der Waals surface area contributed by atoms with E-state index >= 15 is 0 Å². The number of hydrogen-bond donors (Lipinski definition) is 0. The molecule has 0 saturated heterocycles. The maximum absolute atomic E-state index is 12.8. The van der Waals surface area contributed by atoms with Gasteiger partial charge in [-0.25, -0.2) is 0 Å². The Bertz CT molecular complexity index is 1070. The van der Waals surface area contributed by atoms with Gasteiger partial charge in [0, 0.05) is 19.3 Å². The van der Waals surface area contributed by atoms with Gasteiger partial charge in [-0.05, 0) is 89.9 Å². The number of carbonyl (C=O) groups excluding carboxylic acids is 3. The average Bonchev–Trinajstić information content (AvgIpc) is 3.26. The number of rotatable bonds is 47. The zero-order valence-electron chi connectivity index (χ0n) is 40.4. The third kappa shape index (κ3) is 48.3. The SMILES string of the molecule is CCCC/C=C\CCCCCCC(=O)OCC(COC(=O)CCCCCCC/C=C\CCCCCCCCCCC)OC(=O)CCCCCCCC/C=C\C=C/CCCCC. The quantitative estimate of drug-likeness (QED) is 0.0199. The summed E-state index contributed by atoms with van der Waals surface area (Å²) in [5.74, 6) is -0.913. The van der Waals surface area contributed by atoms with Crippen molar-refractivity contribution in [1.29, 1.82) is 0 Å². The molecule has 6 nitrogen and oxygen atoms in total. The first kappa shape index (κ1) is 58.4. The Morgan fingerprint density at radius 3 is 1.00 bits per heavy atom. The third-order valence-corrected chi connectivity index (χ3v) is 11.3. The molecule has 61 heavy (non-hydrogen) atoms. The summed E-state index contributed by atoms with van der Waals surface area (Å²) in [7, 11) is 0. The minimum atomic E-state index is -0.785. The van der Waals surface area contributed by atoms with Crippen molar-refractivity contribution in [2.24, 2.45) is 0 Å². The Morgan fingerprint density at radius 1 is 0.328 bits per heavy atom. The van der Waals surface area contributed by atoms with Gasteiger partial charge in [0.2, 0.25) is 0 Å². The first-order chi connectivity index (χ1) is 30.0. The van der Waals surface area contributed by atoms with Crippen molar-refractivity contribution in [3.63, 3.8) is 0 Å². The number of hydrogen-bond acceptors (Lipinski definition) is 6. The van der Waals surface area contributed by atoms with Gasteiger partial charge in [-0.15, -0.1) is 0 Å². The second kappa shape index (κ2) is 50.0. The van der Waals surface area contributed by atoms with E-state index in [0.29, 0.717) is 19.3 Å².